The summed E-state index contributed by atoms with van der Waals surface area (Å²) in [5.41, 5.74) is 3.61. The molecule has 1 aromatic carbocycles. The van der Waals surface area contributed by atoms with Crippen LogP contribution in [0.4, 0.5) is 10.8 Å². The van der Waals surface area contributed by atoms with Crippen LogP contribution in [-0.2, 0) is 0 Å². The summed E-state index contributed by atoms with van der Waals surface area (Å²) in [7, 11) is 0. The number of benzene rings is 1. The van der Waals surface area contributed by atoms with E-state index < -0.39 is 0 Å². The second kappa shape index (κ2) is 6.48. The lowest BCUT2D eigenvalue weighted by molar-refractivity contribution is 0.763. The maximum absolute atomic E-state index is 4.69. The first-order valence-corrected chi connectivity index (χ1v) is 8.71. The number of nitrogens with zero attached hydrogens (tertiary/aromatic N) is 2. The maximum atomic E-state index is 4.69. The normalized spacial score (nSPS) is 16.2. The van der Waals surface area contributed by atoms with Crippen molar-refractivity contribution in [1.82, 2.24) is 4.98 Å². The first kappa shape index (κ1) is 14.4. The van der Waals surface area contributed by atoms with E-state index in [1.54, 1.807) is 11.3 Å². The van der Waals surface area contributed by atoms with Gasteiger partial charge in [-0.2, -0.15) is 0 Å². The van der Waals surface area contributed by atoms with E-state index in [2.05, 4.69) is 58.7 Å². The Morgan fingerprint density at radius 1 is 1.24 bits per heavy atom. The van der Waals surface area contributed by atoms with Crippen LogP contribution in [0.2, 0.25) is 0 Å². The Labute approximate surface area is 131 Å². The van der Waals surface area contributed by atoms with Crippen molar-refractivity contribution < 1.29 is 0 Å². The van der Waals surface area contributed by atoms with Crippen LogP contribution in [0.1, 0.15) is 33.1 Å². The van der Waals surface area contributed by atoms with E-state index in [0.717, 1.165) is 17.2 Å². The quantitative estimate of drug-likeness (QED) is 0.873. The highest BCUT2D eigenvalue weighted by Gasteiger charge is 2.12. The SMILES string of the molecule is CCC(C)Nc1nc(-c2ccc(N3CCCC3)cc2)cs1. The van der Waals surface area contributed by atoms with E-state index in [-0.39, 0.29) is 0 Å². The average molecular weight is 301 g/mol. The number of anilines is 2. The molecular formula is C17H23N3S. The van der Waals surface area contributed by atoms with Crippen molar-refractivity contribution in [1.29, 1.82) is 0 Å². The lowest BCUT2D eigenvalue weighted by atomic mass is 10.1. The largest absolute Gasteiger partial charge is 0.372 e. The third kappa shape index (κ3) is 3.38. The molecule has 1 aliphatic rings. The van der Waals surface area contributed by atoms with E-state index in [1.165, 1.54) is 37.2 Å². The standard InChI is InChI=1S/C17H23N3S/c1-3-13(2)18-17-19-16(12-21-17)14-6-8-15(9-7-14)20-10-4-5-11-20/h6-9,12-13H,3-5,10-11H2,1-2H3,(H,18,19). The maximum Gasteiger partial charge on any atom is 0.183 e. The smallest absolute Gasteiger partial charge is 0.183 e. The number of thiazole rings is 1. The van der Waals surface area contributed by atoms with Gasteiger partial charge in [-0.05, 0) is 38.3 Å². The fourth-order valence-electron chi connectivity index (χ4n) is 2.60. The molecule has 1 saturated heterocycles. The zero-order valence-corrected chi connectivity index (χ0v) is 13.6. The number of rotatable bonds is 5. The molecule has 21 heavy (non-hydrogen) atoms. The highest BCUT2D eigenvalue weighted by atomic mass is 32.1. The van der Waals surface area contributed by atoms with Crippen molar-refractivity contribution in [3.63, 3.8) is 0 Å². The molecule has 1 fully saturated rings. The van der Waals surface area contributed by atoms with Gasteiger partial charge in [0.05, 0.1) is 5.69 Å². The summed E-state index contributed by atoms with van der Waals surface area (Å²) in [4.78, 5) is 7.15. The van der Waals surface area contributed by atoms with Gasteiger partial charge >= 0.3 is 0 Å². The zero-order valence-electron chi connectivity index (χ0n) is 12.8. The zero-order chi connectivity index (χ0) is 14.7. The van der Waals surface area contributed by atoms with Crippen LogP contribution < -0.4 is 10.2 Å². The summed E-state index contributed by atoms with van der Waals surface area (Å²) in [6, 6.07) is 9.30. The number of hydrogen-bond donors (Lipinski definition) is 1. The fraction of sp³-hybridized carbons (Fsp3) is 0.471. The van der Waals surface area contributed by atoms with Crippen molar-refractivity contribution in [2.45, 2.75) is 39.2 Å². The van der Waals surface area contributed by atoms with Crippen molar-refractivity contribution in [2.75, 3.05) is 23.3 Å². The second-order valence-corrected chi connectivity index (χ2v) is 6.59. The monoisotopic (exact) mass is 301 g/mol. The number of aromatic nitrogens is 1. The summed E-state index contributed by atoms with van der Waals surface area (Å²) >= 11 is 1.68. The van der Waals surface area contributed by atoms with E-state index in [9.17, 15) is 0 Å². The Morgan fingerprint density at radius 2 is 1.95 bits per heavy atom. The first-order chi connectivity index (χ1) is 10.3. The Kier molecular flexibility index (Phi) is 4.44. The van der Waals surface area contributed by atoms with Crippen LogP contribution in [0.3, 0.4) is 0 Å². The van der Waals surface area contributed by atoms with Gasteiger partial charge in [-0.15, -0.1) is 11.3 Å². The molecule has 0 bridgehead atoms. The molecule has 112 valence electrons. The summed E-state index contributed by atoms with van der Waals surface area (Å²) in [5.74, 6) is 0. The highest BCUT2D eigenvalue weighted by molar-refractivity contribution is 7.14. The molecule has 1 atom stereocenters. The molecule has 3 nitrogen and oxygen atoms in total. The Hall–Kier alpha value is -1.55. The lowest BCUT2D eigenvalue weighted by Gasteiger charge is -2.17. The van der Waals surface area contributed by atoms with E-state index in [0.29, 0.717) is 6.04 Å². The predicted octanol–water partition coefficient (Wildman–Crippen LogP) is 4.62. The minimum absolute atomic E-state index is 0.474. The lowest BCUT2D eigenvalue weighted by Crippen LogP contribution is -2.17. The van der Waals surface area contributed by atoms with Gasteiger partial charge in [-0.1, -0.05) is 19.1 Å². The van der Waals surface area contributed by atoms with Crippen LogP contribution >= 0.6 is 11.3 Å². The Morgan fingerprint density at radius 3 is 2.62 bits per heavy atom. The summed E-state index contributed by atoms with van der Waals surface area (Å²) in [5, 5.41) is 6.59. The van der Waals surface area contributed by atoms with Crippen LogP contribution in [0.5, 0.6) is 0 Å². The molecule has 1 unspecified atom stereocenters. The van der Waals surface area contributed by atoms with Crippen molar-refractivity contribution in [3.05, 3.63) is 29.6 Å². The molecule has 1 aliphatic heterocycles. The minimum Gasteiger partial charge on any atom is -0.372 e. The first-order valence-electron chi connectivity index (χ1n) is 7.83. The molecule has 2 heterocycles. The van der Waals surface area contributed by atoms with Crippen LogP contribution in [-0.4, -0.2) is 24.1 Å². The molecule has 4 heteroatoms. The van der Waals surface area contributed by atoms with Gasteiger partial charge in [0.2, 0.25) is 0 Å². The van der Waals surface area contributed by atoms with Gasteiger partial charge in [0.15, 0.2) is 5.13 Å². The molecule has 0 spiro atoms. The molecule has 0 amide bonds. The molecule has 0 saturated carbocycles. The predicted molar refractivity (Wildman–Crippen MR) is 92.4 cm³/mol. The Balaban J connectivity index is 1.71. The summed E-state index contributed by atoms with van der Waals surface area (Å²) in [6.45, 7) is 6.76. The molecule has 3 rings (SSSR count). The van der Waals surface area contributed by atoms with Crippen LogP contribution in [0.25, 0.3) is 11.3 Å². The van der Waals surface area contributed by atoms with E-state index in [1.807, 2.05) is 0 Å². The molecular weight excluding hydrogens is 278 g/mol. The van der Waals surface area contributed by atoms with Gasteiger partial charge in [0, 0.05) is 35.8 Å². The van der Waals surface area contributed by atoms with Crippen molar-refractivity contribution >= 4 is 22.2 Å². The highest BCUT2D eigenvalue weighted by Crippen LogP contribution is 2.28. The minimum atomic E-state index is 0.474. The number of hydrogen-bond acceptors (Lipinski definition) is 4. The van der Waals surface area contributed by atoms with Gasteiger partial charge in [0.25, 0.3) is 0 Å². The molecule has 1 aromatic heterocycles. The van der Waals surface area contributed by atoms with Crippen LogP contribution in [0.15, 0.2) is 29.6 Å². The molecule has 0 aliphatic carbocycles. The van der Waals surface area contributed by atoms with Crippen molar-refractivity contribution in [3.8, 4) is 11.3 Å². The third-order valence-electron chi connectivity index (χ3n) is 4.12. The molecule has 1 N–H and O–H groups in total. The fourth-order valence-corrected chi connectivity index (χ4v) is 3.44. The Bertz CT molecular complexity index is 570. The summed E-state index contributed by atoms with van der Waals surface area (Å²) in [6.07, 6.45) is 3.75. The molecule has 0 radical (unpaired) electrons. The van der Waals surface area contributed by atoms with Crippen LogP contribution in [0, 0.1) is 0 Å². The van der Waals surface area contributed by atoms with E-state index in [4.69, 9.17) is 0 Å². The summed E-state index contributed by atoms with van der Waals surface area (Å²) < 4.78 is 0. The average Bonchev–Trinajstić information content (AvgIpc) is 3.19. The van der Waals surface area contributed by atoms with Crippen molar-refractivity contribution in [2.24, 2.45) is 0 Å². The third-order valence-corrected chi connectivity index (χ3v) is 4.89. The van der Waals surface area contributed by atoms with Gasteiger partial charge in [-0.3, -0.25) is 0 Å². The molecule has 2 aromatic rings. The van der Waals surface area contributed by atoms with Gasteiger partial charge < -0.3 is 10.2 Å². The second-order valence-electron chi connectivity index (χ2n) is 5.73. The topological polar surface area (TPSA) is 28.2 Å². The van der Waals surface area contributed by atoms with Gasteiger partial charge in [0.1, 0.15) is 0 Å². The van der Waals surface area contributed by atoms with E-state index >= 15 is 0 Å². The van der Waals surface area contributed by atoms with Gasteiger partial charge in [-0.25, -0.2) is 4.98 Å². The number of nitrogens with one attached hydrogen (secondary N) is 1.